The van der Waals surface area contributed by atoms with Gasteiger partial charge in [0, 0.05) is 12.6 Å². The molecule has 0 unspecified atom stereocenters. The maximum absolute atomic E-state index is 12.9. The minimum atomic E-state index is -4.74. The second-order valence-electron chi connectivity index (χ2n) is 6.78. The van der Waals surface area contributed by atoms with Gasteiger partial charge < -0.3 is 9.47 Å². The molecule has 0 N–H and O–H groups in total. The van der Waals surface area contributed by atoms with Gasteiger partial charge in [0.15, 0.2) is 11.5 Å². The highest BCUT2D eigenvalue weighted by Crippen LogP contribution is 2.41. The van der Waals surface area contributed by atoms with Crippen molar-refractivity contribution in [1.29, 1.82) is 0 Å². The molecular formula is C21H17F3N2O5S2. The Morgan fingerprint density at radius 1 is 1.18 bits per heavy atom. The fraction of sp³-hybridized carbons (Fsp3) is 0.238. The van der Waals surface area contributed by atoms with E-state index in [4.69, 9.17) is 21.7 Å². The van der Waals surface area contributed by atoms with Gasteiger partial charge >= 0.3 is 11.9 Å². The second-order valence-corrected chi connectivity index (χ2v) is 8.46. The molecule has 0 bridgehead atoms. The number of nitrogens with zero attached hydrogens (tertiary/aromatic N) is 2. The summed E-state index contributed by atoms with van der Waals surface area (Å²) >= 11 is 6.42. The Morgan fingerprint density at radius 3 is 2.48 bits per heavy atom. The van der Waals surface area contributed by atoms with Crippen molar-refractivity contribution in [3.05, 3.63) is 62.5 Å². The maximum Gasteiger partial charge on any atom is 0.416 e. The van der Waals surface area contributed by atoms with Crippen LogP contribution in [0.4, 0.5) is 18.9 Å². The molecule has 12 heteroatoms. The fourth-order valence-electron chi connectivity index (χ4n) is 2.97. The average Bonchev–Trinajstić information content (AvgIpc) is 3.01. The lowest BCUT2D eigenvalue weighted by Crippen LogP contribution is -2.28. The third kappa shape index (κ3) is 5.45. The van der Waals surface area contributed by atoms with E-state index in [1.807, 2.05) is 6.92 Å². The molecule has 3 rings (SSSR count). The van der Waals surface area contributed by atoms with Gasteiger partial charge in [0.05, 0.1) is 22.5 Å². The molecule has 174 valence electrons. The van der Waals surface area contributed by atoms with E-state index in [0.717, 1.165) is 12.5 Å². The molecule has 0 spiro atoms. The van der Waals surface area contributed by atoms with Gasteiger partial charge in [-0.25, -0.2) is 0 Å². The Bertz CT molecular complexity index is 1150. The van der Waals surface area contributed by atoms with Crippen molar-refractivity contribution in [1.82, 2.24) is 4.90 Å². The molecule has 33 heavy (non-hydrogen) atoms. The molecule has 7 nitrogen and oxygen atoms in total. The third-order valence-corrected chi connectivity index (χ3v) is 5.89. The van der Waals surface area contributed by atoms with Crippen molar-refractivity contribution in [3.63, 3.8) is 0 Å². The number of carbonyl (C=O) groups is 1. The summed E-state index contributed by atoms with van der Waals surface area (Å²) in [4.78, 5) is 24.8. The molecule has 0 saturated carbocycles. The number of amides is 1. The SMILES string of the molecule is CCCN1C(=O)/C(=C/c2ccc(Oc3ccc(C(F)(F)F)cc3[N+](=O)[O-])c(OC)c2)SC1=S. The van der Waals surface area contributed by atoms with Crippen molar-refractivity contribution in [3.8, 4) is 17.2 Å². The summed E-state index contributed by atoms with van der Waals surface area (Å²) in [5.74, 6) is -0.357. The average molecular weight is 499 g/mol. The Morgan fingerprint density at radius 2 is 1.88 bits per heavy atom. The smallest absolute Gasteiger partial charge is 0.416 e. The number of nitro benzene ring substituents is 1. The molecule has 0 aliphatic carbocycles. The number of carbonyl (C=O) groups excluding carboxylic acids is 1. The first-order chi connectivity index (χ1) is 15.5. The lowest BCUT2D eigenvalue weighted by Gasteiger charge is -2.13. The van der Waals surface area contributed by atoms with Gasteiger partial charge in [0.25, 0.3) is 5.91 Å². The first-order valence-corrected chi connectivity index (χ1v) is 10.7. The molecule has 2 aromatic rings. The highest BCUT2D eigenvalue weighted by molar-refractivity contribution is 8.26. The zero-order valence-electron chi connectivity index (χ0n) is 17.3. The minimum absolute atomic E-state index is 0.0519. The van der Waals surface area contributed by atoms with Crippen LogP contribution < -0.4 is 9.47 Å². The van der Waals surface area contributed by atoms with Crippen LogP contribution in [0, 0.1) is 10.1 Å². The normalized spacial score (nSPS) is 15.3. The number of hydrogen-bond acceptors (Lipinski definition) is 7. The number of hydrogen-bond donors (Lipinski definition) is 0. The van der Waals surface area contributed by atoms with E-state index in [0.29, 0.717) is 33.5 Å². The molecular weight excluding hydrogens is 481 g/mol. The number of methoxy groups -OCH3 is 1. The number of rotatable bonds is 7. The van der Waals surface area contributed by atoms with E-state index >= 15 is 0 Å². The molecule has 1 aliphatic rings. The van der Waals surface area contributed by atoms with Crippen LogP contribution in [-0.4, -0.2) is 33.7 Å². The molecule has 1 heterocycles. The predicted octanol–water partition coefficient (Wildman–Crippen LogP) is 6.03. The first-order valence-electron chi connectivity index (χ1n) is 9.52. The minimum Gasteiger partial charge on any atom is -0.493 e. The van der Waals surface area contributed by atoms with Crippen molar-refractivity contribution >= 4 is 46.0 Å². The topological polar surface area (TPSA) is 81.9 Å². The highest BCUT2D eigenvalue weighted by atomic mass is 32.2. The summed E-state index contributed by atoms with van der Waals surface area (Å²) in [6.45, 7) is 2.46. The Balaban J connectivity index is 1.91. The molecule has 1 aliphatic heterocycles. The zero-order chi connectivity index (χ0) is 24.3. The molecule has 1 saturated heterocycles. The van der Waals surface area contributed by atoms with Crippen LogP contribution in [0.5, 0.6) is 17.2 Å². The fourth-order valence-corrected chi connectivity index (χ4v) is 4.28. The van der Waals surface area contributed by atoms with Crippen molar-refractivity contribution in [2.24, 2.45) is 0 Å². The van der Waals surface area contributed by atoms with Gasteiger partial charge in [-0.2, -0.15) is 13.2 Å². The number of ether oxygens (including phenoxy) is 2. The van der Waals surface area contributed by atoms with Gasteiger partial charge in [-0.1, -0.05) is 37.0 Å². The number of halogens is 3. The quantitative estimate of drug-likeness (QED) is 0.200. The molecule has 1 fully saturated rings. The predicted molar refractivity (Wildman–Crippen MR) is 121 cm³/mol. The van der Waals surface area contributed by atoms with Crippen LogP contribution in [0.3, 0.4) is 0 Å². The largest absolute Gasteiger partial charge is 0.493 e. The van der Waals surface area contributed by atoms with Gasteiger partial charge in [-0.15, -0.1) is 0 Å². The monoisotopic (exact) mass is 498 g/mol. The first kappa shape index (κ1) is 24.5. The maximum atomic E-state index is 12.9. The molecule has 0 aromatic heterocycles. The summed E-state index contributed by atoms with van der Waals surface area (Å²) in [7, 11) is 1.34. The molecule has 0 radical (unpaired) electrons. The Labute approximate surface area is 196 Å². The molecule has 0 atom stereocenters. The van der Waals surface area contributed by atoms with Crippen LogP contribution in [-0.2, 0) is 11.0 Å². The van der Waals surface area contributed by atoms with Crippen LogP contribution in [0.25, 0.3) is 6.08 Å². The van der Waals surface area contributed by atoms with Gasteiger partial charge in [-0.05, 0) is 42.3 Å². The van der Waals surface area contributed by atoms with Crippen LogP contribution in [0.2, 0.25) is 0 Å². The zero-order valence-corrected chi connectivity index (χ0v) is 19.0. The Hall–Kier alpha value is -3.12. The van der Waals surface area contributed by atoms with E-state index in [1.165, 1.54) is 35.9 Å². The number of thiocarbonyl (C=S) groups is 1. The summed E-state index contributed by atoms with van der Waals surface area (Å²) in [5.41, 5.74) is -1.42. The highest BCUT2D eigenvalue weighted by Gasteiger charge is 2.34. The summed E-state index contributed by atoms with van der Waals surface area (Å²) in [6.07, 6.45) is -2.35. The number of thioether (sulfide) groups is 1. The van der Waals surface area contributed by atoms with Crippen LogP contribution in [0.1, 0.15) is 24.5 Å². The molecule has 2 aromatic carbocycles. The molecule has 1 amide bonds. The second kappa shape index (κ2) is 9.79. The van der Waals surface area contributed by atoms with E-state index < -0.39 is 22.4 Å². The number of alkyl halides is 3. The lowest BCUT2D eigenvalue weighted by molar-refractivity contribution is -0.385. The van der Waals surface area contributed by atoms with E-state index in [-0.39, 0.29) is 23.2 Å². The van der Waals surface area contributed by atoms with Gasteiger partial charge in [0.2, 0.25) is 5.75 Å². The van der Waals surface area contributed by atoms with Gasteiger partial charge in [-0.3, -0.25) is 19.8 Å². The van der Waals surface area contributed by atoms with E-state index in [2.05, 4.69) is 0 Å². The standard InChI is InChI=1S/C21H17F3N2O5S2/c1-3-8-25-19(27)18(33-20(25)32)10-12-4-6-16(17(9-12)30-2)31-15-7-5-13(21(22,23)24)11-14(15)26(28)29/h4-7,9-11H,3,8H2,1-2H3/b18-10-. The van der Waals surface area contributed by atoms with Crippen LogP contribution in [0.15, 0.2) is 41.3 Å². The Kier molecular flexibility index (Phi) is 7.28. The van der Waals surface area contributed by atoms with Crippen molar-refractivity contribution in [2.75, 3.05) is 13.7 Å². The van der Waals surface area contributed by atoms with Crippen LogP contribution >= 0.6 is 24.0 Å². The van der Waals surface area contributed by atoms with Crippen molar-refractivity contribution in [2.45, 2.75) is 19.5 Å². The van der Waals surface area contributed by atoms with Crippen molar-refractivity contribution < 1.29 is 32.4 Å². The third-order valence-electron chi connectivity index (χ3n) is 4.51. The van der Waals surface area contributed by atoms with Gasteiger partial charge in [0.1, 0.15) is 4.32 Å². The lowest BCUT2D eigenvalue weighted by atomic mass is 10.1. The summed E-state index contributed by atoms with van der Waals surface area (Å²) < 4.78 is 50.0. The van der Waals surface area contributed by atoms with E-state index in [9.17, 15) is 28.1 Å². The summed E-state index contributed by atoms with van der Waals surface area (Å²) in [5, 5.41) is 11.3. The number of benzene rings is 2. The summed E-state index contributed by atoms with van der Waals surface area (Å²) in [6, 6.07) is 6.56. The number of nitro groups is 1. The van der Waals surface area contributed by atoms with E-state index in [1.54, 1.807) is 12.1 Å².